The van der Waals surface area contributed by atoms with E-state index in [4.69, 9.17) is 9.26 Å². The number of carbonyl (C=O) groups excluding carboxylic acids is 1. The minimum absolute atomic E-state index is 0.205. The van der Waals surface area contributed by atoms with Crippen molar-refractivity contribution in [3.63, 3.8) is 0 Å². The molecule has 2 heterocycles. The highest BCUT2D eigenvalue weighted by atomic mass is 79.9. The molecule has 1 aliphatic rings. The van der Waals surface area contributed by atoms with Crippen molar-refractivity contribution in [3.05, 3.63) is 81.7 Å². The molecule has 3 aromatic rings. The number of halogens is 1. The maximum absolute atomic E-state index is 12.2. The van der Waals surface area contributed by atoms with Crippen molar-refractivity contribution < 1.29 is 14.1 Å². The van der Waals surface area contributed by atoms with Crippen LogP contribution < -0.4 is 0 Å². The predicted molar refractivity (Wildman–Crippen MR) is 101 cm³/mol. The van der Waals surface area contributed by atoms with Crippen molar-refractivity contribution in [2.24, 2.45) is 4.99 Å². The number of hydrogen-bond donors (Lipinski definition) is 0. The van der Waals surface area contributed by atoms with Crippen LogP contribution in [0.5, 0.6) is 0 Å². The van der Waals surface area contributed by atoms with Crippen molar-refractivity contribution in [1.82, 2.24) is 5.16 Å². The largest absolute Gasteiger partial charge is 0.402 e. The van der Waals surface area contributed by atoms with E-state index >= 15 is 0 Å². The van der Waals surface area contributed by atoms with Gasteiger partial charge in [0.05, 0.1) is 0 Å². The Labute approximate surface area is 158 Å². The second-order valence-corrected chi connectivity index (χ2v) is 6.63. The van der Waals surface area contributed by atoms with Crippen molar-refractivity contribution in [2.75, 3.05) is 0 Å². The first kappa shape index (κ1) is 16.5. The van der Waals surface area contributed by atoms with Gasteiger partial charge in [-0.05, 0) is 30.7 Å². The molecule has 5 nitrogen and oxygen atoms in total. The Hall–Kier alpha value is -2.99. The molecule has 128 valence electrons. The van der Waals surface area contributed by atoms with Crippen molar-refractivity contribution in [2.45, 2.75) is 6.92 Å². The molecule has 0 fully saturated rings. The molecular weight excluding hydrogens is 396 g/mol. The van der Waals surface area contributed by atoms with Crippen LogP contribution in [0.25, 0.3) is 17.3 Å². The minimum atomic E-state index is -0.498. The Bertz CT molecular complexity index is 1030. The first-order valence-electron chi connectivity index (χ1n) is 7.92. The van der Waals surface area contributed by atoms with E-state index < -0.39 is 5.97 Å². The van der Waals surface area contributed by atoms with Crippen LogP contribution in [-0.2, 0) is 9.53 Å². The van der Waals surface area contributed by atoms with Gasteiger partial charge >= 0.3 is 5.97 Å². The van der Waals surface area contributed by atoms with E-state index in [-0.39, 0.29) is 11.6 Å². The lowest BCUT2D eigenvalue weighted by Gasteiger charge is -2.01. The summed E-state index contributed by atoms with van der Waals surface area (Å²) in [5, 5.41) is 4.10. The Morgan fingerprint density at radius 2 is 1.77 bits per heavy atom. The normalized spacial score (nSPS) is 15.2. The quantitative estimate of drug-likeness (QED) is 0.462. The zero-order chi connectivity index (χ0) is 18.1. The van der Waals surface area contributed by atoms with Crippen LogP contribution in [-0.4, -0.2) is 17.0 Å². The maximum Gasteiger partial charge on any atom is 0.363 e. The van der Waals surface area contributed by atoms with Gasteiger partial charge < -0.3 is 9.26 Å². The molecule has 0 spiro atoms. The zero-order valence-electron chi connectivity index (χ0n) is 13.8. The summed E-state index contributed by atoms with van der Waals surface area (Å²) in [4.78, 5) is 16.6. The van der Waals surface area contributed by atoms with Crippen molar-refractivity contribution in [3.8, 4) is 11.3 Å². The van der Waals surface area contributed by atoms with Crippen molar-refractivity contribution >= 4 is 33.9 Å². The summed E-state index contributed by atoms with van der Waals surface area (Å²) in [6.45, 7) is 1.77. The van der Waals surface area contributed by atoms with E-state index in [9.17, 15) is 4.79 Å². The summed E-state index contributed by atoms with van der Waals surface area (Å²) in [6, 6.07) is 17.1. The third-order valence-corrected chi connectivity index (χ3v) is 4.45. The molecule has 0 saturated heterocycles. The maximum atomic E-state index is 12.2. The Balaban J connectivity index is 1.75. The molecule has 0 unspecified atom stereocenters. The van der Waals surface area contributed by atoms with Crippen LogP contribution in [0.15, 0.2) is 74.3 Å². The van der Waals surface area contributed by atoms with E-state index in [2.05, 4.69) is 26.1 Å². The summed E-state index contributed by atoms with van der Waals surface area (Å²) in [7, 11) is 0. The third-order valence-electron chi connectivity index (χ3n) is 3.92. The fourth-order valence-corrected chi connectivity index (χ4v) is 2.91. The molecule has 0 radical (unpaired) electrons. The molecule has 0 atom stereocenters. The fourth-order valence-electron chi connectivity index (χ4n) is 2.65. The van der Waals surface area contributed by atoms with E-state index in [1.807, 2.05) is 54.6 Å². The number of ether oxygens (including phenoxy) is 1. The molecule has 0 amide bonds. The van der Waals surface area contributed by atoms with E-state index in [1.165, 1.54) is 0 Å². The second-order valence-electron chi connectivity index (χ2n) is 5.72. The number of aromatic nitrogens is 1. The average molecular weight is 409 g/mol. The number of carbonyl (C=O) groups is 1. The minimum Gasteiger partial charge on any atom is -0.402 e. The van der Waals surface area contributed by atoms with Gasteiger partial charge in [-0.25, -0.2) is 9.79 Å². The smallest absolute Gasteiger partial charge is 0.363 e. The van der Waals surface area contributed by atoms with Gasteiger partial charge in [-0.1, -0.05) is 63.6 Å². The Morgan fingerprint density at radius 3 is 2.50 bits per heavy atom. The number of esters is 1. The van der Waals surface area contributed by atoms with Gasteiger partial charge in [0.1, 0.15) is 17.0 Å². The predicted octanol–water partition coefficient (Wildman–Crippen LogP) is 4.76. The highest BCUT2D eigenvalue weighted by Gasteiger charge is 2.30. The zero-order valence-corrected chi connectivity index (χ0v) is 15.4. The summed E-state index contributed by atoms with van der Waals surface area (Å²) in [5.74, 6) is 0.249. The van der Waals surface area contributed by atoms with Gasteiger partial charge in [-0.2, -0.15) is 0 Å². The monoisotopic (exact) mass is 408 g/mol. The molecule has 4 rings (SSSR count). The number of aryl methyl sites for hydroxylation is 1. The van der Waals surface area contributed by atoms with Crippen LogP contribution >= 0.6 is 15.9 Å². The van der Waals surface area contributed by atoms with Crippen LogP contribution in [0.2, 0.25) is 0 Å². The highest BCUT2D eigenvalue weighted by molar-refractivity contribution is 9.10. The molecule has 0 bridgehead atoms. The van der Waals surface area contributed by atoms with Crippen LogP contribution in [0.3, 0.4) is 0 Å². The molecule has 0 saturated carbocycles. The van der Waals surface area contributed by atoms with E-state index in [0.29, 0.717) is 17.0 Å². The fraction of sp³-hybridized carbons (Fsp3) is 0.0500. The number of cyclic esters (lactones) is 1. The van der Waals surface area contributed by atoms with Crippen LogP contribution in [0.1, 0.15) is 16.9 Å². The number of nitrogens with zero attached hydrogens (tertiary/aromatic N) is 2. The average Bonchev–Trinajstić information content (AvgIpc) is 3.20. The van der Waals surface area contributed by atoms with Crippen molar-refractivity contribution in [1.29, 1.82) is 0 Å². The highest BCUT2D eigenvalue weighted by Crippen LogP contribution is 2.29. The Kier molecular flexibility index (Phi) is 4.26. The lowest BCUT2D eigenvalue weighted by molar-refractivity contribution is -0.129. The van der Waals surface area contributed by atoms with Crippen LogP contribution in [0, 0.1) is 6.92 Å². The molecular formula is C20H13BrN2O3. The van der Waals surface area contributed by atoms with Gasteiger partial charge in [0.15, 0.2) is 5.70 Å². The number of hydrogen-bond acceptors (Lipinski definition) is 5. The number of aliphatic imine (C=N–C) groups is 1. The first-order valence-corrected chi connectivity index (χ1v) is 8.71. The number of benzene rings is 2. The summed E-state index contributed by atoms with van der Waals surface area (Å²) in [6.07, 6.45) is 1.69. The molecule has 0 aliphatic carbocycles. The molecule has 6 heteroatoms. The van der Waals surface area contributed by atoms with Gasteiger partial charge in [0.25, 0.3) is 0 Å². The second kappa shape index (κ2) is 6.72. The number of rotatable bonds is 3. The Morgan fingerprint density at radius 1 is 1.04 bits per heavy atom. The SMILES string of the molecule is Cc1onc(-c2ccccc2)c1C1=N/C(=C\c2ccc(Br)cc2)C(=O)O1. The van der Waals surface area contributed by atoms with E-state index in [0.717, 1.165) is 15.6 Å². The topological polar surface area (TPSA) is 64.7 Å². The molecule has 1 aliphatic heterocycles. The van der Waals surface area contributed by atoms with Crippen LogP contribution in [0.4, 0.5) is 0 Å². The van der Waals surface area contributed by atoms with Gasteiger partial charge in [0.2, 0.25) is 5.90 Å². The standard InChI is InChI=1S/C20H13BrN2O3/c1-12-17(18(23-26-12)14-5-3-2-4-6-14)19-22-16(20(24)25-19)11-13-7-9-15(21)10-8-13/h2-11H,1H3/b16-11-. The molecule has 0 N–H and O–H groups in total. The lowest BCUT2D eigenvalue weighted by Crippen LogP contribution is -2.07. The summed E-state index contributed by atoms with van der Waals surface area (Å²) >= 11 is 3.39. The third kappa shape index (κ3) is 3.11. The van der Waals surface area contributed by atoms with Gasteiger partial charge in [-0.3, -0.25) is 0 Å². The van der Waals surface area contributed by atoms with Gasteiger partial charge in [-0.15, -0.1) is 0 Å². The molecule has 2 aromatic carbocycles. The molecule has 26 heavy (non-hydrogen) atoms. The summed E-state index contributed by atoms with van der Waals surface area (Å²) < 4.78 is 11.7. The van der Waals surface area contributed by atoms with Gasteiger partial charge in [0, 0.05) is 10.0 Å². The first-order chi connectivity index (χ1) is 12.6. The van der Waals surface area contributed by atoms with E-state index in [1.54, 1.807) is 13.0 Å². The summed E-state index contributed by atoms with van der Waals surface area (Å²) in [5.41, 5.74) is 3.14. The molecule has 1 aromatic heterocycles. The lowest BCUT2D eigenvalue weighted by atomic mass is 10.1.